The van der Waals surface area contributed by atoms with Crippen LogP contribution in [0.2, 0.25) is 0 Å². The van der Waals surface area contributed by atoms with Crippen LogP contribution in [0.1, 0.15) is 11.3 Å². The Hall–Kier alpha value is -2.96. The molecule has 0 spiro atoms. The number of β-amino-alcohol motifs (C(OH)–C–C–N with tert-alkyl or cyclic N) is 1. The largest absolute Gasteiger partial charge is 0.497 e. The van der Waals surface area contributed by atoms with Crippen LogP contribution >= 0.6 is 0 Å². The summed E-state index contributed by atoms with van der Waals surface area (Å²) in [5.41, 5.74) is 3.11. The predicted molar refractivity (Wildman–Crippen MR) is 121 cm³/mol. The number of pyridine rings is 1. The lowest BCUT2D eigenvalue weighted by Crippen LogP contribution is -2.37. The van der Waals surface area contributed by atoms with Crippen molar-refractivity contribution in [1.29, 1.82) is 0 Å². The van der Waals surface area contributed by atoms with Gasteiger partial charge in [0.05, 0.1) is 25.3 Å². The van der Waals surface area contributed by atoms with Gasteiger partial charge in [-0.25, -0.2) is 0 Å². The molecule has 1 aromatic heterocycles. The Kier molecular flexibility index (Phi) is 6.79. The maximum atomic E-state index is 12.3. The van der Waals surface area contributed by atoms with Crippen LogP contribution in [0.5, 0.6) is 5.75 Å². The lowest BCUT2D eigenvalue weighted by Gasteiger charge is -2.15. The normalized spacial score (nSPS) is 18.9. The van der Waals surface area contributed by atoms with Crippen LogP contribution in [0.15, 0.2) is 60.7 Å². The molecule has 2 N–H and O–H groups in total. The molecule has 0 saturated carbocycles. The molecule has 1 fully saturated rings. The average Bonchev–Trinajstić information content (AvgIpc) is 3.12. The van der Waals surface area contributed by atoms with Gasteiger partial charge in [-0.2, -0.15) is 0 Å². The summed E-state index contributed by atoms with van der Waals surface area (Å²) in [5, 5.41) is 14.6. The minimum Gasteiger partial charge on any atom is -0.497 e. The molecule has 0 radical (unpaired) electrons. The van der Waals surface area contributed by atoms with Gasteiger partial charge in [0.1, 0.15) is 5.75 Å². The first-order valence-electron chi connectivity index (χ1n) is 10.8. The zero-order valence-corrected chi connectivity index (χ0v) is 17.8. The Bertz CT molecular complexity index is 1020. The Morgan fingerprint density at radius 1 is 1.13 bits per heavy atom. The van der Waals surface area contributed by atoms with Crippen LogP contribution in [0.25, 0.3) is 10.9 Å². The summed E-state index contributed by atoms with van der Waals surface area (Å²) in [6.45, 7) is 2.11. The van der Waals surface area contributed by atoms with Crippen molar-refractivity contribution in [2.45, 2.75) is 18.9 Å². The van der Waals surface area contributed by atoms with E-state index in [9.17, 15) is 9.90 Å². The van der Waals surface area contributed by atoms with Crippen molar-refractivity contribution in [1.82, 2.24) is 15.2 Å². The summed E-state index contributed by atoms with van der Waals surface area (Å²) < 4.78 is 5.16. The number of nitrogens with zero attached hydrogens (tertiary/aromatic N) is 2. The number of carbonyl (C=O) groups is 1. The fraction of sp³-hybridized carbons (Fsp3) is 0.360. The number of nitrogens with one attached hydrogen (secondary N) is 1. The third-order valence-electron chi connectivity index (χ3n) is 5.87. The monoisotopic (exact) mass is 419 g/mol. The lowest BCUT2D eigenvalue weighted by molar-refractivity contribution is -0.122. The highest BCUT2D eigenvalue weighted by atomic mass is 16.5. The Morgan fingerprint density at radius 2 is 1.94 bits per heavy atom. The van der Waals surface area contributed by atoms with Gasteiger partial charge in [-0.1, -0.05) is 36.4 Å². The summed E-state index contributed by atoms with van der Waals surface area (Å²) in [7, 11) is 1.65. The van der Waals surface area contributed by atoms with E-state index in [1.807, 2.05) is 59.5 Å². The fourth-order valence-electron chi connectivity index (χ4n) is 4.16. The van der Waals surface area contributed by atoms with Crippen molar-refractivity contribution in [3.63, 3.8) is 0 Å². The standard InChI is InChI=1S/C25H29N3O3/c1-31-22-10-6-18(7-11-22)12-13-26-25(30)17-28-15-20(24(29)16-28)14-21-9-8-19-4-2-3-5-23(19)27-21/h2-11,20,24,29H,12-17H2,1H3,(H,26,30)/t20-,24-/m1/s1. The number of likely N-dealkylation sites (tertiary alicyclic amines) is 1. The number of hydrogen-bond donors (Lipinski definition) is 2. The highest BCUT2D eigenvalue weighted by molar-refractivity contribution is 5.78. The third kappa shape index (κ3) is 5.60. The van der Waals surface area contributed by atoms with E-state index in [0.717, 1.165) is 34.3 Å². The maximum Gasteiger partial charge on any atom is 0.234 e. The molecule has 3 aromatic rings. The topological polar surface area (TPSA) is 74.7 Å². The molecule has 162 valence electrons. The summed E-state index contributed by atoms with van der Waals surface area (Å²) >= 11 is 0. The number of rotatable bonds is 8. The number of para-hydroxylation sites is 1. The number of methoxy groups -OCH3 is 1. The highest BCUT2D eigenvalue weighted by Crippen LogP contribution is 2.22. The first-order chi connectivity index (χ1) is 15.1. The van der Waals surface area contributed by atoms with Gasteiger partial charge < -0.3 is 15.2 Å². The van der Waals surface area contributed by atoms with Gasteiger partial charge in [0.2, 0.25) is 5.91 Å². The van der Waals surface area contributed by atoms with Crippen LogP contribution in [0.3, 0.4) is 0 Å². The molecule has 6 nitrogen and oxygen atoms in total. The van der Waals surface area contributed by atoms with E-state index in [4.69, 9.17) is 9.72 Å². The van der Waals surface area contributed by atoms with Gasteiger partial charge in [0.25, 0.3) is 0 Å². The fourth-order valence-corrected chi connectivity index (χ4v) is 4.16. The predicted octanol–water partition coefficient (Wildman–Crippen LogP) is 2.44. The molecule has 0 aliphatic carbocycles. The number of fused-ring (bicyclic) bond motifs is 1. The minimum atomic E-state index is -0.444. The number of aromatic nitrogens is 1. The number of carbonyl (C=O) groups excluding carboxylic acids is 1. The van der Waals surface area contributed by atoms with Crippen LogP contribution in [-0.4, -0.2) is 60.3 Å². The van der Waals surface area contributed by atoms with E-state index in [1.54, 1.807) is 7.11 Å². The molecule has 1 amide bonds. The minimum absolute atomic E-state index is 0.00908. The summed E-state index contributed by atoms with van der Waals surface area (Å²) in [5.74, 6) is 0.903. The molecular weight excluding hydrogens is 390 g/mol. The van der Waals surface area contributed by atoms with Gasteiger partial charge >= 0.3 is 0 Å². The molecule has 31 heavy (non-hydrogen) atoms. The molecule has 4 rings (SSSR count). The second kappa shape index (κ2) is 9.90. The molecule has 2 heterocycles. The van der Waals surface area contributed by atoms with Gasteiger partial charge in [0, 0.05) is 36.6 Å². The van der Waals surface area contributed by atoms with Gasteiger partial charge in [-0.15, -0.1) is 0 Å². The van der Waals surface area contributed by atoms with E-state index in [-0.39, 0.29) is 11.8 Å². The van der Waals surface area contributed by atoms with Crippen LogP contribution in [0, 0.1) is 5.92 Å². The second-order valence-corrected chi connectivity index (χ2v) is 8.17. The van der Waals surface area contributed by atoms with Crippen molar-refractivity contribution < 1.29 is 14.6 Å². The Morgan fingerprint density at radius 3 is 2.74 bits per heavy atom. The highest BCUT2D eigenvalue weighted by Gasteiger charge is 2.32. The van der Waals surface area contributed by atoms with Crippen LogP contribution < -0.4 is 10.1 Å². The average molecular weight is 420 g/mol. The van der Waals surface area contributed by atoms with Crippen molar-refractivity contribution in [2.24, 2.45) is 5.92 Å². The second-order valence-electron chi connectivity index (χ2n) is 8.17. The van der Waals surface area contributed by atoms with Crippen LogP contribution in [-0.2, 0) is 17.6 Å². The third-order valence-corrected chi connectivity index (χ3v) is 5.87. The van der Waals surface area contributed by atoms with Gasteiger partial charge in [-0.05, 0) is 42.7 Å². The number of aliphatic hydroxyl groups is 1. The number of amides is 1. The molecule has 1 aliphatic heterocycles. The maximum absolute atomic E-state index is 12.3. The van der Waals surface area contributed by atoms with Crippen molar-refractivity contribution in [3.8, 4) is 5.75 Å². The van der Waals surface area contributed by atoms with E-state index in [1.165, 1.54) is 0 Å². The number of aliphatic hydroxyl groups excluding tert-OH is 1. The molecular formula is C25H29N3O3. The lowest BCUT2D eigenvalue weighted by atomic mass is 9.99. The molecule has 1 aliphatic rings. The molecule has 2 atom stereocenters. The zero-order valence-electron chi connectivity index (χ0n) is 17.8. The summed E-state index contributed by atoms with van der Waals surface area (Å²) in [6, 6.07) is 20.0. The number of benzene rings is 2. The van der Waals surface area contributed by atoms with E-state index in [2.05, 4.69) is 11.4 Å². The quantitative estimate of drug-likeness (QED) is 0.587. The van der Waals surface area contributed by atoms with E-state index in [0.29, 0.717) is 32.6 Å². The summed E-state index contributed by atoms with van der Waals surface area (Å²) in [4.78, 5) is 19.1. The van der Waals surface area contributed by atoms with E-state index < -0.39 is 6.10 Å². The number of ether oxygens (including phenoxy) is 1. The number of hydrogen-bond acceptors (Lipinski definition) is 5. The molecule has 2 aromatic carbocycles. The zero-order chi connectivity index (χ0) is 21.6. The first kappa shape index (κ1) is 21.3. The van der Waals surface area contributed by atoms with Gasteiger partial charge in [-0.3, -0.25) is 14.7 Å². The first-order valence-corrected chi connectivity index (χ1v) is 10.8. The SMILES string of the molecule is COc1ccc(CCNC(=O)CN2C[C@@H](Cc3ccc4ccccc4n3)[C@H](O)C2)cc1. The smallest absolute Gasteiger partial charge is 0.234 e. The summed E-state index contributed by atoms with van der Waals surface area (Å²) in [6.07, 6.45) is 1.04. The van der Waals surface area contributed by atoms with Crippen LogP contribution in [0.4, 0.5) is 0 Å². The molecule has 0 bridgehead atoms. The van der Waals surface area contributed by atoms with Gasteiger partial charge in [0.15, 0.2) is 0 Å². The molecule has 1 saturated heterocycles. The molecule has 6 heteroatoms. The van der Waals surface area contributed by atoms with Crippen molar-refractivity contribution in [3.05, 3.63) is 71.9 Å². The van der Waals surface area contributed by atoms with Crippen molar-refractivity contribution in [2.75, 3.05) is 33.3 Å². The Balaban J connectivity index is 1.23. The van der Waals surface area contributed by atoms with E-state index >= 15 is 0 Å². The Labute approximate surface area is 182 Å². The van der Waals surface area contributed by atoms with Crippen molar-refractivity contribution >= 4 is 16.8 Å². The molecule has 0 unspecified atom stereocenters.